The van der Waals surface area contributed by atoms with Gasteiger partial charge in [-0.25, -0.2) is 0 Å². The zero-order chi connectivity index (χ0) is 21.5. The first-order valence-electron chi connectivity index (χ1n) is 10.5. The van der Waals surface area contributed by atoms with Gasteiger partial charge in [0.2, 0.25) is 5.91 Å². The highest BCUT2D eigenvalue weighted by Crippen LogP contribution is 2.26. The van der Waals surface area contributed by atoms with E-state index in [4.69, 9.17) is 14.5 Å². The van der Waals surface area contributed by atoms with E-state index in [0.29, 0.717) is 19.7 Å². The molecule has 162 valence electrons. The van der Waals surface area contributed by atoms with Crippen LogP contribution < -0.4 is 10.1 Å². The Morgan fingerprint density at radius 2 is 1.97 bits per heavy atom. The third-order valence-electron chi connectivity index (χ3n) is 5.31. The van der Waals surface area contributed by atoms with Crippen molar-refractivity contribution in [1.29, 1.82) is 0 Å². The van der Waals surface area contributed by atoms with E-state index in [1.165, 1.54) is 0 Å². The van der Waals surface area contributed by atoms with E-state index < -0.39 is 0 Å². The lowest BCUT2D eigenvalue weighted by atomic mass is 10.1. The molecule has 30 heavy (non-hydrogen) atoms. The fraction of sp³-hybridized carbons (Fsp3) is 0.478. The number of anilines is 2. The highest BCUT2D eigenvalue weighted by Gasteiger charge is 2.26. The molecule has 0 aliphatic carbocycles. The molecule has 3 rings (SSSR count). The molecule has 1 aromatic carbocycles. The van der Waals surface area contributed by atoms with Crippen molar-refractivity contribution in [2.45, 2.75) is 26.9 Å². The molecule has 1 aliphatic heterocycles. The second-order valence-corrected chi connectivity index (χ2v) is 7.44. The first-order valence-corrected chi connectivity index (χ1v) is 10.5. The van der Waals surface area contributed by atoms with Gasteiger partial charge in [-0.3, -0.25) is 14.7 Å². The average molecular weight is 413 g/mol. The number of nitrogens with zero attached hydrogens (tertiary/aromatic N) is 3. The topological polar surface area (TPSA) is 66.9 Å². The van der Waals surface area contributed by atoms with Gasteiger partial charge < -0.3 is 19.7 Å². The lowest BCUT2D eigenvalue weighted by Gasteiger charge is -2.33. The molecule has 0 saturated carbocycles. The summed E-state index contributed by atoms with van der Waals surface area (Å²) in [5.74, 6) is 0.988. The number of methoxy groups -OCH3 is 1. The number of nitrogens with one attached hydrogen (secondary N) is 1. The van der Waals surface area contributed by atoms with Gasteiger partial charge in [0.15, 0.2) is 0 Å². The molecule has 1 atom stereocenters. The molecule has 1 aliphatic rings. The van der Waals surface area contributed by atoms with Crippen LogP contribution >= 0.6 is 0 Å². The number of amides is 1. The number of hydrogen-bond donors (Lipinski definition) is 1. The third kappa shape index (κ3) is 5.70. The van der Waals surface area contributed by atoms with Crippen LogP contribution in [0.3, 0.4) is 0 Å². The summed E-state index contributed by atoms with van der Waals surface area (Å²) in [6.45, 7) is 9.91. The summed E-state index contributed by atoms with van der Waals surface area (Å²) < 4.78 is 11.2. The summed E-state index contributed by atoms with van der Waals surface area (Å²) >= 11 is 0. The third-order valence-corrected chi connectivity index (χ3v) is 5.31. The molecule has 1 amide bonds. The number of rotatable bonds is 8. The van der Waals surface area contributed by atoms with Crippen LogP contribution in [0.4, 0.5) is 11.4 Å². The molecule has 7 nitrogen and oxygen atoms in total. The number of aromatic nitrogens is 1. The molecule has 2 aromatic rings. The van der Waals surface area contributed by atoms with Crippen LogP contribution in [0.25, 0.3) is 0 Å². The fourth-order valence-corrected chi connectivity index (χ4v) is 3.67. The van der Waals surface area contributed by atoms with Crippen molar-refractivity contribution in [3.05, 3.63) is 47.8 Å². The maximum Gasteiger partial charge on any atom is 0.236 e. The zero-order valence-electron chi connectivity index (χ0n) is 18.4. The second-order valence-electron chi connectivity index (χ2n) is 7.44. The first-order chi connectivity index (χ1) is 14.5. The summed E-state index contributed by atoms with van der Waals surface area (Å²) in [6.07, 6.45) is -0.153. The van der Waals surface area contributed by atoms with Gasteiger partial charge in [-0.15, -0.1) is 0 Å². The smallest absolute Gasteiger partial charge is 0.236 e. The summed E-state index contributed by atoms with van der Waals surface area (Å²) in [4.78, 5) is 21.2. The molecule has 2 heterocycles. The van der Waals surface area contributed by atoms with Gasteiger partial charge in [0, 0.05) is 43.2 Å². The average Bonchev–Trinajstić information content (AvgIpc) is 2.75. The normalized spacial score (nSPS) is 16.9. The lowest BCUT2D eigenvalue weighted by Crippen LogP contribution is -2.45. The van der Waals surface area contributed by atoms with Crippen molar-refractivity contribution in [1.82, 2.24) is 14.8 Å². The first kappa shape index (κ1) is 22.1. The van der Waals surface area contributed by atoms with E-state index in [-0.39, 0.29) is 12.0 Å². The number of carbonyl (C=O) groups is 1. The molecule has 0 spiro atoms. The molecular weight excluding hydrogens is 380 g/mol. The Bertz CT molecular complexity index is 837. The second kappa shape index (κ2) is 10.4. The van der Waals surface area contributed by atoms with Gasteiger partial charge in [-0.2, -0.15) is 0 Å². The predicted molar refractivity (Wildman–Crippen MR) is 118 cm³/mol. The van der Waals surface area contributed by atoms with E-state index >= 15 is 0 Å². The molecule has 0 bridgehead atoms. The molecular formula is C23H32N4O3. The van der Waals surface area contributed by atoms with Crippen LogP contribution in [0.2, 0.25) is 0 Å². The monoisotopic (exact) mass is 412 g/mol. The van der Waals surface area contributed by atoms with E-state index in [1.807, 2.05) is 62.1 Å². The van der Waals surface area contributed by atoms with Crippen molar-refractivity contribution < 1.29 is 14.3 Å². The van der Waals surface area contributed by atoms with Crippen LogP contribution in [0.5, 0.6) is 5.75 Å². The summed E-state index contributed by atoms with van der Waals surface area (Å²) in [7, 11) is 1.66. The number of aryl methyl sites for hydroxylation is 1. The Balaban J connectivity index is 1.69. The van der Waals surface area contributed by atoms with Gasteiger partial charge in [0.25, 0.3) is 0 Å². The van der Waals surface area contributed by atoms with Gasteiger partial charge in [-0.1, -0.05) is 0 Å². The minimum Gasteiger partial charge on any atom is -0.497 e. The number of morpholine rings is 1. The molecule has 1 unspecified atom stereocenters. The Hall–Kier alpha value is -2.64. The largest absolute Gasteiger partial charge is 0.497 e. The maximum absolute atomic E-state index is 12.5. The fourth-order valence-electron chi connectivity index (χ4n) is 3.67. The van der Waals surface area contributed by atoms with Crippen LogP contribution in [-0.4, -0.2) is 67.1 Å². The zero-order valence-corrected chi connectivity index (χ0v) is 18.4. The van der Waals surface area contributed by atoms with Gasteiger partial charge in [-0.05, 0) is 57.2 Å². The van der Waals surface area contributed by atoms with Gasteiger partial charge in [0.05, 0.1) is 26.0 Å². The number of benzene rings is 1. The minimum absolute atomic E-state index is 0.153. The van der Waals surface area contributed by atoms with E-state index in [2.05, 4.69) is 10.2 Å². The lowest BCUT2D eigenvalue weighted by molar-refractivity contribution is -0.134. The highest BCUT2D eigenvalue weighted by atomic mass is 16.5. The standard InChI is InChI=1S/C23H32N4O3/c1-5-27(6-2)23(28)16-26-11-12-30-22(15-26)21-14-19(13-17(3)24-21)25-18-7-9-20(29-4)10-8-18/h7-10,13-14,22H,5-6,11-12,15-16H2,1-4H3,(H,24,25). The molecule has 1 fully saturated rings. The van der Waals surface area contributed by atoms with Crippen molar-refractivity contribution >= 4 is 17.3 Å². The number of likely N-dealkylation sites (N-methyl/N-ethyl adjacent to an activating group) is 1. The molecule has 0 radical (unpaired) electrons. The molecule has 1 N–H and O–H groups in total. The Kier molecular flexibility index (Phi) is 7.65. The molecule has 1 aromatic heterocycles. The van der Waals surface area contributed by atoms with Crippen LogP contribution in [0.1, 0.15) is 31.3 Å². The van der Waals surface area contributed by atoms with E-state index in [0.717, 1.165) is 48.1 Å². The minimum atomic E-state index is -0.153. The van der Waals surface area contributed by atoms with Crippen LogP contribution in [0, 0.1) is 6.92 Å². The van der Waals surface area contributed by atoms with Crippen molar-refractivity contribution in [3.63, 3.8) is 0 Å². The van der Waals surface area contributed by atoms with E-state index in [9.17, 15) is 4.79 Å². The SMILES string of the molecule is CCN(CC)C(=O)CN1CCOC(c2cc(Nc3ccc(OC)cc3)cc(C)n2)C1. The molecule has 7 heteroatoms. The van der Waals surface area contributed by atoms with Crippen molar-refractivity contribution in [3.8, 4) is 5.75 Å². The summed E-state index contributed by atoms with van der Waals surface area (Å²) in [5.41, 5.74) is 3.74. The summed E-state index contributed by atoms with van der Waals surface area (Å²) in [5, 5.41) is 3.42. The maximum atomic E-state index is 12.5. The van der Waals surface area contributed by atoms with Crippen LogP contribution in [-0.2, 0) is 9.53 Å². The van der Waals surface area contributed by atoms with Crippen LogP contribution in [0.15, 0.2) is 36.4 Å². The predicted octanol–water partition coefficient (Wildman–Crippen LogP) is 3.38. The van der Waals surface area contributed by atoms with Gasteiger partial charge in [0.1, 0.15) is 11.9 Å². The Morgan fingerprint density at radius 3 is 2.63 bits per heavy atom. The molecule has 1 saturated heterocycles. The summed E-state index contributed by atoms with van der Waals surface area (Å²) in [6, 6.07) is 11.8. The quantitative estimate of drug-likeness (QED) is 0.717. The highest BCUT2D eigenvalue weighted by molar-refractivity contribution is 5.78. The number of carbonyl (C=O) groups excluding carboxylic acids is 1. The number of hydrogen-bond acceptors (Lipinski definition) is 6. The van der Waals surface area contributed by atoms with E-state index in [1.54, 1.807) is 7.11 Å². The Labute approximate surface area is 179 Å². The number of pyridine rings is 1. The van der Waals surface area contributed by atoms with Crippen molar-refractivity contribution in [2.24, 2.45) is 0 Å². The number of ether oxygens (including phenoxy) is 2. The van der Waals surface area contributed by atoms with Crippen molar-refractivity contribution in [2.75, 3.05) is 51.8 Å². The Morgan fingerprint density at radius 1 is 1.23 bits per heavy atom. The van der Waals surface area contributed by atoms with Gasteiger partial charge >= 0.3 is 0 Å².